The van der Waals surface area contributed by atoms with Gasteiger partial charge in [0, 0.05) is 0 Å². The summed E-state index contributed by atoms with van der Waals surface area (Å²) in [5.41, 5.74) is 0.270. The molecule has 17 heavy (non-hydrogen) atoms. The fourth-order valence-electron chi connectivity index (χ4n) is 1.48. The molecule has 0 amide bonds. The van der Waals surface area contributed by atoms with E-state index in [1.54, 1.807) is 13.8 Å². The highest BCUT2D eigenvalue weighted by molar-refractivity contribution is 7.47. The Hall–Kier alpha value is -0.770. The van der Waals surface area contributed by atoms with Gasteiger partial charge in [-0.15, -0.1) is 0 Å². The van der Waals surface area contributed by atoms with Crippen molar-refractivity contribution in [3.63, 3.8) is 0 Å². The molecule has 0 fully saturated rings. The Morgan fingerprint density at radius 3 is 2.41 bits per heavy atom. The third kappa shape index (κ3) is 3.87. The molecule has 8 heteroatoms. The van der Waals surface area contributed by atoms with Crippen LogP contribution in [0.15, 0.2) is 18.2 Å². The normalized spacial score (nSPS) is 12.7. The lowest BCUT2D eigenvalue weighted by atomic mass is 10.0. The maximum Gasteiger partial charge on any atom is 0.524 e. The molecule has 0 saturated heterocycles. The lowest BCUT2D eigenvalue weighted by Crippen LogP contribution is -2.13. The zero-order valence-electron chi connectivity index (χ0n) is 9.23. The number of hydrogen-bond acceptors (Lipinski definition) is 4. The standard InChI is InChI=1S/C9H12O6P2/c1-6(2)9-7(15-17(12,13)14)4-3-5-8(9)16(10)11/h3-6H,1-2H3,(H2,12,13,14). The SMILES string of the molecule is CC(C)c1c(OP(=O)(O)O)cccc1[P+](=O)[O-]. The van der Waals surface area contributed by atoms with Crippen LogP contribution >= 0.6 is 15.9 Å². The van der Waals surface area contributed by atoms with Crippen LogP contribution < -0.4 is 14.7 Å². The first-order valence-electron chi connectivity index (χ1n) is 4.75. The second kappa shape index (κ2) is 5.25. The number of benzene rings is 1. The molecule has 0 aliphatic heterocycles. The Balaban J connectivity index is 3.35. The summed E-state index contributed by atoms with van der Waals surface area (Å²) in [6.07, 6.45) is 0. The van der Waals surface area contributed by atoms with Gasteiger partial charge in [0.25, 0.3) is 0 Å². The first-order valence-corrected chi connectivity index (χ1v) is 7.45. The summed E-state index contributed by atoms with van der Waals surface area (Å²) >= 11 is 0. The third-order valence-electron chi connectivity index (χ3n) is 2.03. The molecule has 0 saturated carbocycles. The molecule has 0 aliphatic rings. The van der Waals surface area contributed by atoms with E-state index in [4.69, 9.17) is 9.79 Å². The highest BCUT2D eigenvalue weighted by Gasteiger charge is 2.25. The van der Waals surface area contributed by atoms with Crippen LogP contribution in [0.25, 0.3) is 0 Å². The minimum Gasteiger partial charge on any atom is -0.591 e. The van der Waals surface area contributed by atoms with E-state index >= 15 is 0 Å². The molecule has 0 aliphatic carbocycles. The van der Waals surface area contributed by atoms with Gasteiger partial charge in [0.1, 0.15) is 5.75 Å². The van der Waals surface area contributed by atoms with Crippen LogP contribution in [-0.2, 0) is 9.13 Å². The Morgan fingerprint density at radius 1 is 1.41 bits per heavy atom. The van der Waals surface area contributed by atoms with E-state index in [-0.39, 0.29) is 22.5 Å². The topological polar surface area (TPSA) is 107 Å². The van der Waals surface area contributed by atoms with E-state index in [1.807, 2.05) is 0 Å². The molecule has 1 rings (SSSR count). The van der Waals surface area contributed by atoms with Crippen LogP contribution in [0, 0.1) is 0 Å². The van der Waals surface area contributed by atoms with Crippen LogP contribution in [-0.4, -0.2) is 9.79 Å². The minimum absolute atomic E-state index is 0.0148. The van der Waals surface area contributed by atoms with E-state index in [1.165, 1.54) is 18.2 Å². The van der Waals surface area contributed by atoms with Gasteiger partial charge in [-0.3, -0.25) is 9.79 Å². The number of phosphoric ester groups is 1. The lowest BCUT2D eigenvalue weighted by Gasteiger charge is -2.14. The Kier molecular flexibility index (Phi) is 4.42. The van der Waals surface area contributed by atoms with Gasteiger partial charge in [-0.1, -0.05) is 24.5 Å². The summed E-state index contributed by atoms with van der Waals surface area (Å²) in [4.78, 5) is 28.5. The molecule has 1 atom stereocenters. The Labute approximate surface area is 99.4 Å². The summed E-state index contributed by atoms with van der Waals surface area (Å²) < 4.78 is 26.3. The van der Waals surface area contributed by atoms with Crippen LogP contribution in [0.4, 0.5) is 0 Å². The molecule has 2 N–H and O–H groups in total. The van der Waals surface area contributed by atoms with Crippen molar-refractivity contribution in [2.75, 3.05) is 0 Å². The van der Waals surface area contributed by atoms with E-state index in [2.05, 4.69) is 4.52 Å². The minimum atomic E-state index is -4.70. The van der Waals surface area contributed by atoms with Crippen LogP contribution in [0.5, 0.6) is 5.75 Å². The van der Waals surface area contributed by atoms with Crippen LogP contribution in [0.3, 0.4) is 0 Å². The van der Waals surface area contributed by atoms with Gasteiger partial charge in [-0.05, 0) is 18.1 Å². The molecular formula is C9H12O6P2. The predicted octanol–water partition coefficient (Wildman–Crippen LogP) is 1.01. The molecule has 94 valence electrons. The molecular weight excluding hydrogens is 266 g/mol. The second-order valence-corrected chi connectivity index (χ2v) is 5.84. The molecule has 1 unspecified atom stereocenters. The molecule has 1 aromatic carbocycles. The van der Waals surface area contributed by atoms with Gasteiger partial charge < -0.3 is 9.42 Å². The zero-order valence-corrected chi connectivity index (χ0v) is 11.0. The molecule has 1 aromatic rings. The third-order valence-corrected chi connectivity index (χ3v) is 3.25. The average Bonchev–Trinajstić information content (AvgIpc) is 2.14. The Bertz CT molecular complexity index is 478. The molecule has 0 radical (unpaired) electrons. The monoisotopic (exact) mass is 278 g/mol. The first kappa shape index (κ1) is 14.3. The van der Waals surface area contributed by atoms with E-state index in [9.17, 15) is 14.0 Å². The Morgan fingerprint density at radius 2 is 2.00 bits per heavy atom. The average molecular weight is 278 g/mol. The van der Waals surface area contributed by atoms with Crippen molar-refractivity contribution in [3.05, 3.63) is 23.8 Å². The van der Waals surface area contributed by atoms with E-state index in [0.717, 1.165) is 0 Å². The molecule has 0 heterocycles. The van der Waals surface area contributed by atoms with Gasteiger partial charge in [0.05, 0.1) is 5.56 Å². The van der Waals surface area contributed by atoms with Crippen molar-refractivity contribution < 1.29 is 28.3 Å². The quantitative estimate of drug-likeness (QED) is 0.796. The lowest BCUT2D eigenvalue weighted by molar-refractivity contribution is -0.160. The van der Waals surface area contributed by atoms with Gasteiger partial charge in [-0.25, -0.2) is 4.57 Å². The van der Waals surface area contributed by atoms with Crippen LogP contribution in [0.1, 0.15) is 25.3 Å². The fourth-order valence-corrected chi connectivity index (χ4v) is 2.67. The zero-order chi connectivity index (χ0) is 13.2. The number of rotatable bonds is 4. The number of phosphoric acid groups is 1. The molecule has 6 nitrogen and oxygen atoms in total. The van der Waals surface area contributed by atoms with E-state index in [0.29, 0.717) is 0 Å². The second-order valence-electron chi connectivity index (χ2n) is 3.68. The molecule has 0 bridgehead atoms. The van der Waals surface area contributed by atoms with Crippen molar-refractivity contribution >= 4 is 21.2 Å². The highest BCUT2D eigenvalue weighted by atomic mass is 31.2. The van der Waals surface area contributed by atoms with Gasteiger partial charge >= 0.3 is 15.9 Å². The van der Waals surface area contributed by atoms with E-state index < -0.39 is 15.9 Å². The first-order chi connectivity index (χ1) is 7.72. The maximum absolute atomic E-state index is 11.0. The largest absolute Gasteiger partial charge is 0.591 e. The summed E-state index contributed by atoms with van der Waals surface area (Å²) in [6, 6.07) is 4.07. The van der Waals surface area contributed by atoms with Gasteiger partial charge in [0.2, 0.25) is 0 Å². The fraction of sp³-hybridized carbons (Fsp3) is 0.333. The van der Waals surface area contributed by atoms with Crippen molar-refractivity contribution in [2.45, 2.75) is 19.8 Å². The van der Waals surface area contributed by atoms with Crippen molar-refractivity contribution in [1.29, 1.82) is 0 Å². The highest BCUT2D eigenvalue weighted by Crippen LogP contribution is 2.41. The smallest absolute Gasteiger partial charge is 0.524 e. The van der Waals surface area contributed by atoms with Crippen molar-refractivity contribution in [1.82, 2.24) is 0 Å². The predicted molar refractivity (Wildman–Crippen MR) is 60.4 cm³/mol. The van der Waals surface area contributed by atoms with Crippen LogP contribution in [0.2, 0.25) is 0 Å². The van der Waals surface area contributed by atoms with Crippen molar-refractivity contribution in [3.8, 4) is 5.75 Å². The summed E-state index contributed by atoms with van der Waals surface area (Å²) in [5.74, 6) is -0.342. The molecule has 0 aromatic heterocycles. The van der Waals surface area contributed by atoms with Crippen molar-refractivity contribution in [2.24, 2.45) is 0 Å². The summed E-state index contributed by atoms with van der Waals surface area (Å²) in [5, 5.41) is 0.0148. The number of hydrogen-bond donors (Lipinski definition) is 2. The van der Waals surface area contributed by atoms with Gasteiger partial charge in [0.15, 0.2) is 5.30 Å². The summed E-state index contributed by atoms with van der Waals surface area (Å²) in [7, 11) is -7.54. The molecule has 0 spiro atoms. The maximum atomic E-state index is 11.0. The summed E-state index contributed by atoms with van der Waals surface area (Å²) in [6.45, 7) is 3.43. The van der Waals surface area contributed by atoms with Gasteiger partial charge in [-0.2, -0.15) is 0 Å².